The van der Waals surface area contributed by atoms with Gasteiger partial charge in [0.1, 0.15) is 23.7 Å². The van der Waals surface area contributed by atoms with E-state index in [1.54, 1.807) is 0 Å². The lowest BCUT2D eigenvalue weighted by molar-refractivity contribution is -0.147. The van der Waals surface area contributed by atoms with Gasteiger partial charge in [0.2, 0.25) is 0 Å². The topological polar surface area (TPSA) is 62.9 Å². The zero-order valence-corrected chi connectivity index (χ0v) is 15.7. The van der Waals surface area contributed by atoms with E-state index < -0.39 is 5.97 Å². The van der Waals surface area contributed by atoms with Gasteiger partial charge in [-0.05, 0) is 29.8 Å². The van der Waals surface area contributed by atoms with Gasteiger partial charge in [0.05, 0.1) is 5.92 Å². The quantitative estimate of drug-likeness (QED) is 0.692. The van der Waals surface area contributed by atoms with Gasteiger partial charge in [-0.15, -0.1) is 0 Å². The fraction of sp³-hybridized carbons (Fsp3) is 0.318. The van der Waals surface area contributed by atoms with Crippen molar-refractivity contribution in [2.75, 3.05) is 13.1 Å². The van der Waals surface area contributed by atoms with Crippen molar-refractivity contribution in [3.63, 3.8) is 0 Å². The molecule has 0 atom stereocenters. The fourth-order valence-corrected chi connectivity index (χ4v) is 3.07. The fourth-order valence-electron chi connectivity index (χ4n) is 3.07. The van der Waals surface area contributed by atoms with Gasteiger partial charge in [0, 0.05) is 25.0 Å². The number of nitrogens with zero attached hydrogens (tertiary/aromatic N) is 1. The Labute approximate surface area is 159 Å². The molecule has 0 spiro atoms. The first-order valence-electron chi connectivity index (χ1n) is 9.32. The van der Waals surface area contributed by atoms with Gasteiger partial charge >= 0.3 is 5.97 Å². The van der Waals surface area contributed by atoms with Crippen LogP contribution in [-0.4, -0.2) is 29.1 Å². The highest BCUT2D eigenvalue weighted by Crippen LogP contribution is 2.22. The van der Waals surface area contributed by atoms with Crippen LogP contribution in [0.4, 0.5) is 0 Å². The number of carboxylic acids is 1. The molecule has 0 aliphatic carbocycles. The lowest BCUT2D eigenvalue weighted by Gasteiger charge is -2.36. The maximum Gasteiger partial charge on any atom is 0.309 e. The van der Waals surface area contributed by atoms with Gasteiger partial charge in [-0.2, -0.15) is 0 Å². The van der Waals surface area contributed by atoms with Crippen LogP contribution in [0.25, 0.3) is 11.0 Å². The summed E-state index contributed by atoms with van der Waals surface area (Å²) >= 11 is 0. The summed E-state index contributed by atoms with van der Waals surface area (Å²) in [4.78, 5) is 12.9. The third-order valence-corrected chi connectivity index (χ3v) is 4.49. The smallest absolute Gasteiger partial charge is 0.309 e. The zero-order valence-electron chi connectivity index (χ0n) is 15.7. The van der Waals surface area contributed by atoms with E-state index in [0.29, 0.717) is 19.7 Å². The maximum atomic E-state index is 10.8. The second kappa shape index (κ2) is 8.73. The number of carboxylic acid groups (broad SMARTS) is 1. The molecule has 1 aliphatic heterocycles. The Morgan fingerprint density at radius 1 is 1.15 bits per heavy atom. The van der Waals surface area contributed by atoms with Gasteiger partial charge < -0.3 is 14.3 Å². The molecule has 1 aromatic heterocycles. The number of para-hydroxylation sites is 1. The minimum Gasteiger partial charge on any atom is -0.486 e. The third-order valence-electron chi connectivity index (χ3n) is 4.49. The number of fused-ring (bicyclic) bond motifs is 1. The minimum absolute atomic E-state index is 0.216. The monoisotopic (exact) mass is 367 g/mol. The van der Waals surface area contributed by atoms with E-state index >= 15 is 0 Å². The van der Waals surface area contributed by atoms with Gasteiger partial charge in [-0.1, -0.05) is 44.2 Å². The highest BCUT2D eigenvalue weighted by molar-refractivity contribution is 5.77. The van der Waals surface area contributed by atoms with Crippen LogP contribution in [0.15, 0.2) is 59.0 Å². The summed E-state index contributed by atoms with van der Waals surface area (Å²) in [5.74, 6) is 0.666. The summed E-state index contributed by atoms with van der Waals surface area (Å²) < 4.78 is 11.5. The summed E-state index contributed by atoms with van der Waals surface area (Å²) in [5, 5.41) is 9.98. The van der Waals surface area contributed by atoms with Crippen LogP contribution < -0.4 is 4.74 Å². The van der Waals surface area contributed by atoms with E-state index in [0.717, 1.165) is 34.6 Å². The first-order chi connectivity index (χ1) is 13.2. The number of benzene rings is 2. The zero-order chi connectivity index (χ0) is 19.2. The highest BCUT2D eigenvalue weighted by Gasteiger charge is 2.32. The Balaban J connectivity index is 0.00000102. The number of furan rings is 1. The molecular weight excluding hydrogens is 342 g/mol. The molecular formula is C22H25NO4. The van der Waals surface area contributed by atoms with Crippen molar-refractivity contribution in [2.45, 2.75) is 27.0 Å². The summed E-state index contributed by atoms with van der Waals surface area (Å²) in [6, 6.07) is 17.8. The molecule has 142 valence electrons. The maximum absolute atomic E-state index is 10.8. The number of aliphatic carboxylic acids is 1. The molecule has 2 aromatic carbocycles. The van der Waals surface area contributed by atoms with E-state index in [4.69, 9.17) is 14.3 Å². The number of rotatable bonds is 6. The molecule has 1 fully saturated rings. The number of carbonyl (C=O) groups is 1. The van der Waals surface area contributed by atoms with Crippen molar-refractivity contribution in [1.29, 1.82) is 0 Å². The van der Waals surface area contributed by atoms with Gasteiger partial charge in [0.15, 0.2) is 0 Å². The molecule has 5 nitrogen and oxygen atoms in total. The summed E-state index contributed by atoms with van der Waals surface area (Å²) in [5.41, 5.74) is 2.02. The molecule has 0 radical (unpaired) electrons. The van der Waals surface area contributed by atoms with Crippen LogP contribution in [0, 0.1) is 5.92 Å². The number of hydrogen-bond acceptors (Lipinski definition) is 4. The molecule has 0 unspecified atom stereocenters. The molecule has 3 aromatic rings. The average molecular weight is 367 g/mol. The van der Waals surface area contributed by atoms with Crippen molar-refractivity contribution in [3.8, 4) is 5.75 Å². The second-order valence-electron chi connectivity index (χ2n) is 6.41. The van der Waals surface area contributed by atoms with E-state index in [2.05, 4.69) is 4.90 Å². The average Bonchev–Trinajstić information content (AvgIpc) is 3.08. The number of hydrogen-bond donors (Lipinski definition) is 1. The van der Waals surface area contributed by atoms with Crippen molar-refractivity contribution in [2.24, 2.45) is 5.92 Å². The predicted octanol–water partition coefficient (Wildman–Crippen LogP) is 4.55. The molecule has 2 heterocycles. The Kier molecular flexibility index (Phi) is 6.14. The Hall–Kier alpha value is -2.79. The van der Waals surface area contributed by atoms with Crippen LogP contribution in [-0.2, 0) is 17.9 Å². The molecule has 1 aliphatic rings. The van der Waals surface area contributed by atoms with Crippen LogP contribution in [0.5, 0.6) is 5.75 Å². The summed E-state index contributed by atoms with van der Waals surface area (Å²) in [6.07, 6.45) is 0. The van der Waals surface area contributed by atoms with Gasteiger partial charge in [0.25, 0.3) is 0 Å². The molecule has 0 bridgehead atoms. The molecule has 0 amide bonds. The summed E-state index contributed by atoms with van der Waals surface area (Å²) in [6.45, 7) is 6.41. The largest absolute Gasteiger partial charge is 0.486 e. The van der Waals surface area contributed by atoms with E-state index in [1.807, 2.05) is 68.4 Å². The second-order valence-corrected chi connectivity index (χ2v) is 6.41. The third kappa shape index (κ3) is 4.68. The standard InChI is InChI=1S/C20H19NO4.C2H6/c22-20(23)16-11-21(12-16)10-14-5-7-17(8-6-14)24-13-18-9-15-3-1-2-4-19(15)25-18;1-2/h1-9,16H,10-13H2,(H,22,23);1-2H3. The highest BCUT2D eigenvalue weighted by atomic mass is 16.5. The first-order valence-corrected chi connectivity index (χ1v) is 9.32. The van der Waals surface area contributed by atoms with Crippen molar-refractivity contribution in [3.05, 3.63) is 65.9 Å². The molecule has 1 N–H and O–H groups in total. The molecule has 5 heteroatoms. The first kappa shape index (κ1) is 19.0. The predicted molar refractivity (Wildman–Crippen MR) is 105 cm³/mol. The minimum atomic E-state index is -0.703. The number of likely N-dealkylation sites (tertiary alicyclic amines) is 1. The van der Waals surface area contributed by atoms with Crippen molar-refractivity contribution < 1.29 is 19.1 Å². The van der Waals surface area contributed by atoms with Crippen molar-refractivity contribution >= 4 is 16.9 Å². The summed E-state index contributed by atoms with van der Waals surface area (Å²) in [7, 11) is 0. The normalized spacial score (nSPS) is 14.3. The van der Waals surface area contributed by atoms with E-state index in [9.17, 15) is 4.79 Å². The molecule has 1 saturated heterocycles. The van der Waals surface area contributed by atoms with Crippen LogP contribution in [0.1, 0.15) is 25.2 Å². The lowest BCUT2D eigenvalue weighted by Crippen LogP contribution is -2.49. The van der Waals surface area contributed by atoms with Crippen molar-refractivity contribution in [1.82, 2.24) is 4.90 Å². The Bertz CT molecular complexity index is 846. The van der Waals surface area contributed by atoms with Crippen LogP contribution >= 0.6 is 0 Å². The van der Waals surface area contributed by atoms with Crippen LogP contribution in [0.3, 0.4) is 0 Å². The lowest BCUT2D eigenvalue weighted by atomic mass is 10.00. The van der Waals surface area contributed by atoms with Gasteiger partial charge in [-0.25, -0.2) is 0 Å². The Morgan fingerprint density at radius 3 is 2.52 bits per heavy atom. The van der Waals surface area contributed by atoms with E-state index in [1.165, 1.54) is 0 Å². The SMILES string of the molecule is CC.O=C(O)C1CN(Cc2ccc(OCc3cc4ccccc4o3)cc2)C1. The van der Waals surface area contributed by atoms with Gasteiger partial charge in [-0.3, -0.25) is 9.69 Å². The molecule has 4 rings (SSSR count). The number of ether oxygens (including phenoxy) is 1. The van der Waals surface area contributed by atoms with Crippen LogP contribution in [0.2, 0.25) is 0 Å². The van der Waals surface area contributed by atoms with E-state index in [-0.39, 0.29) is 5.92 Å². The molecule has 0 saturated carbocycles. The Morgan fingerprint density at radius 2 is 1.85 bits per heavy atom. The molecule has 27 heavy (non-hydrogen) atoms.